The predicted molar refractivity (Wildman–Crippen MR) is 129 cm³/mol. The van der Waals surface area contributed by atoms with Gasteiger partial charge in [0.1, 0.15) is 17.2 Å². The Bertz CT molecular complexity index is 1510. The van der Waals surface area contributed by atoms with Gasteiger partial charge in [0.15, 0.2) is 0 Å². The molecule has 166 valence electrons. The Morgan fingerprint density at radius 3 is 2.50 bits per heavy atom. The van der Waals surface area contributed by atoms with Crippen molar-refractivity contribution in [1.82, 2.24) is 24.7 Å². The van der Waals surface area contributed by atoms with Crippen LogP contribution in [-0.4, -0.2) is 29.9 Å². The molecule has 0 spiro atoms. The Kier molecular flexibility index (Phi) is 5.71. The van der Waals surface area contributed by atoms with E-state index in [0.29, 0.717) is 34.9 Å². The van der Waals surface area contributed by atoms with Crippen LogP contribution < -0.4 is 0 Å². The summed E-state index contributed by atoms with van der Waals surface area (Å²) in [6, 6.07) is 21.0. The molecule has 3 aromatic heterocycles. The number of imidazole rings is 1. The zero-order chi connectivity index (χ0) is 23.5. The van der Waals surface area contributed by atoms with Crippen LogP contribution in [-0.2, 0) is 12.8 Å². The second-order valence-corrected chi connectivity index (χ2v) is 8.05. The Labute approximate surface area is 197 Å². The van der Waals surface area contributed by atoms with Gasteiger partial charge in [-0.2, -0.15) is 9.99 Å². The van der Waals surface area contributed by atoms with Gasteiger partial charge in [-0.1, -0.05) is 37.6 Å². The Morgan fingerprint density at radius 1 is 0.941 bits per heavy atom. The lowest BCUT2D eigenvalue weighted by atomic mass is 10.1. The van der Waals surface area contributed by atoms with E-state index in [1.165, 1.54) is 0 Å². The Morgan fingerprint density at radius 2 is 1.74 bits per heavy atom. The summed E-state index contributed by atoms with van der Waals surface area (Å²) in [4.78, 5) is 18.4. The normalized spacial score (nSPS) is 10.9. The maximum absolute atomic E-state index is 11.3. The number of hydrogen-bond donors (Lipinski definition) is 1. The van der Waals surface area contributed by atoms with Crippen molar-refractivity contribution in [2.45, 2.75) is 26.2 Å². The molecule has 1 N–H and O–H groups in total. The Hall–Kier alpha value is -4.57. The van der Waals surface area contributed by atoms with Crippen LogP contribution in [0.2, 0.25) is 0 Å². The van der Waals surface area contributed by atoms with E-state index in [1.807, 2.05) is 48.5 Å². The molecule has 0 unspecified atom stereocenters. The van der Waals surface area contributed by atoms with Gasteiger partial charge in [0.25, 0.3) is 0 Å². The summed E-state index contributed by atoms with van der Waals surface area (Å²) in [5.41, 5.74) is 6.66. The number of aryl methyl sites for hydroxylation is 1. The van der Waals surface area contributed by atoms with Gasteiger partial charge < -0.3 is 5.21 Å². The van der Waals surface area contributed by atoms with E-state index in [0.717, 1.165) is 45.4 Å². The lowest BCUT2D eigenvalue weighted by Crippen LogP contribution is -2.03. The van der Waals surface area contributed by atoms with Gasteiger partial charge in [0.05, 0.1) is 28.4 Å². The fraction of sp³-hybridized carbons (Fsp3) is 0.148. The molecular formula is C27H22N6O. The van der Waals surface area contributed by atoms with Gasteiger partial charge in [-0.05, 0) is 48.4 Å². The third-order valence-electron chi connectivity index (χ3n) is 5.67. The maximum atomic E-state index is 11.3. The van der Waals surface area contributed by atoms with Gasteiger partial charge in [0.2, 0.25) is 0 Å². The molecule has 2 aromatic carbocycles. The summed E-state index contributed by atoms with van der Waals surface area (Å²) in [6.07, 6.45) is 5.55. The highest BCUT2D eigenvalue weighted by Crippen LogP contribution is 2.33. The zero-order valence-corrected chi connectivity index (χ0v) is 18.7. The molecule has 0 saturated heterocycles. The van der Waals surface area contributed by atoms with Gasteiger partial charge in [-0.15, -0.1) is 0 Å². The van der Waals surface area contributed by atoms with Gasteiger partial charge >= 0.3 is 0 Å². The first-order chi connectivity index (χ1) is 16.7. The standard InChI is InChI=1S/C27H22N6O/c1-2-4-21-5-3-6-23(31-21)27-26(20-11-12-22-24(16-20)30-14-13-29-22)32-25(33(27)34)15-18-7-9-19(17-28)10-8-18/h3,5-14,16,34H,2,4,15H2,1H3. The van der Waals surface area contributed by atoms with Crippen LogP contribution in [0.15, 0.2) is 73.1 Å². The summed E-state index contributed by atoms with van der Waals surface area (Å²) >= 11 is 0. The number of nitriles is 1. The lowest BCUT2D eigenvalue weighted by Gasteiger charge is -2.08. The highest BCUT2D eigenvalue weighted by Gasteiger charge is 2.22. The van der Waals surface area contributed by atoms with Crippen LogP contribution in [0.4, 0.5) is 0 Å². The second-order valence-electron chi connectivity index (χ2n) is 8.05. The molecule has 5 rings (SSSR count). The largest absolute Gasteiger partial charge is 0.427 e. The summed E-state index contributed by atoms with van der Waals surface area (Å²) in [5, 5.41) is 20.3. The van der Waals surface area contributed by atoms with Crippen molar-refractivity contribution in [1.29, 1.82) is 5.26 Å². The smallest absolute Gasteiger partial charge is 0.150 e. The van der Waals surface area contributed by atoms with Crippen molar-refractivity contribution >= 4 is 11.0 Å². The van der Waals surface area contributed by atoms with E-state index in [1.54, 1.807) is 24.5 Å². The van der Waals surface area contributed by atoms with Gasteiger partial charge in [-0.25, -0.2) is 4.98 Å². The quantitative estimate of drug-likeness (QED) is 0.360. The molecule has 0 saturated carbocycles. The predicted octanol–water partition coefficient (Wildman–Crippen LogP) is 5.21. The minimum absolute atomic E-state index is 0.400. The molecule has 0 bridgehead atoms. The molecule has 7 nitrogen and oxygen atoms in total. The molecule has 3 heterocycles. The second kappa shape index (κ2) is 9.12. The number of rotatable bonds is 6. The van der Waals surface area contributed by atoms with E-state index in [4.69, 9.17) is 15.2 Å². The highest BCUT2D eigenvalue weighted by atomic mass is 16.5. The molecule has 34 heavy (non-hydrogen) atoms. The minimum Gasteiger partial charge on any atom is -0.427 e. The Balaban J connectivity index is 1.65. The van der Waals surface area contributed by atoms with Crippen molar-refractivity contribution in [3.8, 4) is 28.7 Å². The van der Waals surface area contributed by atoms with Crippen molar-refractivity contribution in [3.63, 3.8) is 0 Å². The molecule has 0 radical (unpaired) electrons. The minimum atomic E-state index is 0.400. The number of pyridine rings is 1. The topological polar surface area (TPSA) is 101 Å². The monoisotopic (exact) mass is 446 g/mol. The van der Waals surface area contributed by atoms with Crippen molar-refractivity contribution < 1.29 is 5.21 Å². The van der Waals surface area contributed by atoms with E-state index < -0.39 is 0 Å². The molecule has 0 aliphatic carbocycles. The van der Waals surface area contributed by atoms with Gasteiger partial charge in [-0.3, -0.25) is 15.0 Å². The first-order valence-electron chi connectivity index (χ1n) is 11.1. The average Bonchev–Trinajstić information content (AvgIpc) is 3.20. The van der Waals surface area contributed by atoms with Gasteiger partial charge in [0, 0.05) is 30.1 Å². The summed E-state index contributed by atoms with van der Waals surface area (Å²) in [5.74, 6) is 0.483. The number of hydrogen-bond acceptors (Lipinski definition) is 6. The molecular weight excluding hydrogens is 424 g/mol. The summed E-state index contributed by atoms with van der Waals surface area (Å²) in [7, 11) is 0. The molecule has 0 aliphatic rings. The molecule has 7 heteroatoms. The van der Waals surface area contributed by atoms with Crippen LogP contribution in [0, 0.1) is 11.3 Å². The number of aromatic nitrogens is 5. The van der Waals surface area contributed by atoms with Crippen LogP contribution in [0.3, 0.4) is 0 Å². The maximum Gasteiger partial charge on any atom is 0.150 e. The first kappa shape index (κ1) is 21.3. The third kappa shape index (κ3) is 4.09. The van der Waals surface area contributed by atoms with Crippen molar-refractivity contribution in [2.75, 3.05) is 0 Å². The summed E-state index contributed by atoms with van der Waals surface area (Å²) in [6.45, 7) is 2.11. The van der Waals surface area contributed by atoms with E-state index in [-0.39, 0.29) is 0 Å². The van der Waals surface area contributed by atoms with Crippen LogP contribution in [0.1, 0.15) is 36.0 Å². The lowest BCUT2D eigenvalue weighted by molar-refractivity contribution is 0.181. The highest BCUT2D eigenvalue weighted by molar-refractivity contribution is 5.84. The molecule has 0 amide bonds. The third-order valence-corrected chi connectivity index (χ3v) is 5.67. The van der Waals surface area contributed by atoms with Crippen molar-refractivity contribution in [3.05, 3.63) is 95.7 Å². The van der Waals surface area contributed by atoms with Crippen LogP contribution in [0.25, 0.3) is 33.7 Å². The van der Waals surface area contributed by atoms with Crippen molar-refractivity contribution in [2.24, 2.45) is 0 Å². The average molecular weight is 447 g/mol. The fourth-order valence-corrected chi connectivity index (χ4v) is 4.00. The molecule has 0 aliphatic heterocycles. The van der Waals surface area contributed by atoms with E-state index in [2.05, 4.69) is 23.0 Å². The fourth-order valence-electron chi connectivity index (χ4n) is 4.00. The van der Waals surface area contributed by atoms with Crippen LogP contribution in [0.5, 0.6) is 0 Å². The van der Waals surface area contributed by atoms with E-state index in [9.17, 15) is 5.21 Å². The first-order valence-corrected chi connectivity index (χ1v) is 11.1. The van der Waals surface area contributed by atoms with E-state index >= 15 is 0 Å². The number of benzene rings is 2. The molecule has 0 atom stereocenters. The zero-order valence-electron chi connectivity index (χ0n) is 18.7. The summed E-state index contributed by atoms with van der Waals surface area (Å²) < 4.78 is 1.13. The molecule has 0 fully saturated rings. The molecule has 5 aromatic rings. The number of fused-ring (bicyclic) bond motifs is 1. The number of nitrogens with zero attached hydrogens (tertiary/aromatic N) is 6. The SMILES string of the molecule is CCCc1cccc(-c2c(-c3ccc4nccnc4c3)nc(Cc3ccc(C#N)cc3)n2O)n1. The van der Waals surface area contributed by atoms with Crippen LogP contribution >= 0.6 is 0 Å².